The van der Waals surface area contributed by atoms with Gasteiger partial charge in [0.15, 0.2) is 11.6 Å². The van der Waals surface area contributed by atoms with Gasteiger partial charge in [0.1, 0.15) is 6.61 Å². The van der Waals surface area contributed by atoms with E-state index in [2.05, 4.69) is 10.6 Å². The molecule has 0 saturated carbocycles. The molecule has 1 aromatic carbocycles. The maximum atomic E-state index is 13.2. The number of amides is 2. The molecular formula is C15H13ClF2N2O5. The van der Waals surface area contributed by atoms with Crippen molar-refractivity contribution in [1.82, 2.24) is 10.6 Å². The van der Waals surface area contributed by atoms with Crippen molar-refractivity contribution in [1.29, 1.82) is 0 Å². The molecule has 2 N–H and O–H groups in total. The van der Waals surface area contributed by atoms with Crippen LogP contribution in [0, 0.1) is 11.6 Å². The molecule has 0 radical (unpaired) electrons. The topological polar surface area (TPSA) is 93.7 Å². The lowest BCUT2D eigenvalue weighted by molar-refractivity contribution is -0.138. The molecule has 1 heterocycles. The zero-order valence-electron chi connectivity index (χ0n) is 13.0. The molecule has 0 fully saturated rings. The number of carbonyl (C=O) groups excluding carboxylic acids is 3. The highest BCUT2D eigenvalue weighted by Gasteiger charge is 2.25. The first-order valence-corrected chi connectivity index (χ1v) is 7.47. The number of carbonyl (C=O) groups is 3. The third kappa shape index (κ3) is 4.44. The van der Waals surface area contributed by atoms with Crippen LogP contribution in [-0.2, 0) is 14.3 Å². The van der Waals surface area contributed by atoms with Crippen LogP contribution < -0.4 is 10.6 Å². The van der Waals surface area contributed by atoms with Crippen LogP contribution in [0.3, 0.4) is 0 Å². The molecule has 25 heavy (non-hydrogen) atoms. The standard InChI is InChI=1S/C15H13ClF2N2O5/c1-2-24-14(22)8-5-19-15(23)20-12(8)6-25-13(21)7-3-10(17)11(18)4-9(7)16/h3-4H,2,5-6H2,1H3,(H2,19,20,23). The van der Waals surface area contributed by atoms with E-state index in [0.29, 0.717) is 12.1 Å². The number of esters is 2. The summed E-state index contributed by atoms with van der Waals surface area (Å²) in [4.78, 5) is 35.2. The fourth-order valence-electron chi connectivity index (χ4n) is 1.96. The van der Waals surface area contributed by atoms with Gasteiger partial charge in [-0.15, -0.1) is 0 Å². The first-order chi connectivity index (χ1) is 11.8. The number of hydrogen-bond acceptors (Lipinski definition) is 5. The van der Waals surface area contributed by atoms with Crippen molar-refractivity contribution in [2.75, 3.05) is 19.8 Å². The van der Waals surface area contributed by atoms with E-state index in [-0.39, 0.29) is 35.0 Å². The second-order valence-electron chi connectivity index (χ2n) is 4.81. The Balaban J connectivity index is 2.17. The fraction of sp³-hybridized carbons (Fsp3) is 0.267. The summed E-state index contributed by atoms with van der Waals surface area (Å²) < 4.78 is 36.0. The van der Waals surface area contributed by atoms with Crippen molar-refractivity contribution < 1.29 is 32.6 Å². The monoisotopic (exact) mass is 374 g/mol. The first kappa shape index (κ1) is 18.7. The highest BCUT2D eigenvalue weighted by molar-refractivity contribution is 6.33. The molecule has 7 nitrogen and oxygen atoms in total. The molecule has 0 aromatic heterocycles. The van der Waals surface area contributed by atoms with Crippen molar-refractivity contribution >= 4 is 29.6 Å². The lowest BCUT2D eigenvalue weighted by atomic mass is 10.1. The van der Waals surface area contributed by atoms with Gasteiger partial charge in [-0.1, -0.05) is 11.6 Å². The van der Waals surface area contributed by atoms with E-state index < -0.39 is 36.2 Å². The van der Waals surface area contributed by atoms with Crippen LogP contribution in [0.25, 0.3) is 0 Å². The molecule has 0 atom stereocenters. The van der Waals surface area contributed by atoms with Crippen LogP contribution in [0.2, 0.25) is 5.02 Å². The van der Waals surface area contributed by atoms with Gasteiger partial charge in [-0.25, -0.2) is 23.2 Å². The number of benzene rings is 1. The lowest BCUT2D eigenvalue weighted by Crippen LogP contribution is -2.45. The van der Waals surface area contributed by atoms with Crippen LogP contribution in [-0.4, -0.2) is 37.7 Å². The summed E-state index contributed by atoms with van der Waals surface area (Å²) in [5.41, 5.74) is -0.293. The predicted molar refractivity (Wildman–Crippen MR) is 81.8 cm³/mol. The summed E-state index contributed by atoms with van der Waals surface area (Å²) in [7, 11) is 0. The average Bonchev–Trinajstić information content (AvgIpc) is 2.56. The van der Waals surface area contributed by atoms with Crippen LogP contribution in [0.4, 0.5) is 13.6 Å². The van der Waals surface area contributed by atoms with E-state index in [0.717, 1.165) is 0 Å². The summed E-state index contributed by atoms with van der Waals surface area (Å²) in [6.07, 6.45) is 0. The Morgan fingerprint density at radius 3 is 2.56 bits per heavy atom. The second-order valence-corrected chi connectivity index (χ2v) is 5.21. The lowest BCUT2D eigenvalue weighted by Gasteiger charge is -2.21. The van der Waals surface area contributed by atoms with Gasteiger partial charge in [0.25, 0.3) is 0 Å². The van der Waals surface area contributed by atoms with E-state index in [9.17, 15) is 23.2 Å². The molecule has 1 aliphatic heterocycles. The quantitative estimate of drug-likeness (QED) is 0.606. The minimum atomic E-state index is -1.27. The maximum Gasteiger partial charge on any atom is 0.340 e. The number of halogens is 3. The Morgan fingerprint density at radius 1 is 1.20 bits per heavy atom. The van der Waals surface area contributed by atoms with E-state index in [1.54, 1.807) is 6.92 Å². The Hall–Kier alpha value is -2.68. The van der Waals surface area contributed by atoms with Crippen molar-refractivity contribution in [3.63, 3.8) is 0 Å². The normalized spacial score (nSPS) is 13.8. The SMILES string of the molecule is CCOC(=O)C1=C(COC(=O)c2cc(F)c(F)cc2Cl)NC(=O)NC1. The summed E-state index contributed by atoms with van der Waals surface area (Å²) >= 11 is 5.69. The molecule has 1 aliphatic rings. The van der Waals surface area contributed by atoms with Crippen LogP contribution >= 0.6 is 11.6 Å². The fourth-order valence-corrected chi connectivity index (χ4v) is 2.19. The van der Waals surface area contributed by atoms with Crippen LogP contribution in [0.15, 0.2) is 23.4 Å². The maximum absolute atomic E-state index is 13.2. The predicted octanol–water partition coefficient (Wildman–Crippen LogP) is 1.91. The number of hydrogen-bond donors (Lipinski definition) is 2. The smallest absolute Gasteiger partial charge is 0.340 e. The molecule has 0 saturated heterocycles. The molecule has 2 rings (SSSR count). The number of rotatable bonds is 5. The minimum absolute atomic E-state index is 0.0225. The largest absolute Gasteiger partial charge is 0.463 e. The highest BCUT2D eigenvalue weighted by atomic mass is 35.5. The number of ether oxygens (including phenoxy) is 2. The molecule has 10 heteroatoms. The average molecular weight is 375 g/mol. The number of nitrogens with one attached hydrogen (secondary N) is 2. The molecular weight excluding hydrogens is 362 g/mol. The Morgan fingerprint density at radius 2 is 1.88 bits per heavy atom. The van der Waals surface area contributed by atoms with E-state index in [1.807, 2.05) is 0 Å². The zero-order valence-corrected chi connectivity index (χ0v) is 13.7. The zero-order chi connectivity index (χ0) is 18.6. The minimum Gasteiger partial charge on any atom is -0.463 e. The molecule has 2 amide bonds. The summed E-state index contributed by atoms with van der Waals surface area (Å²) in [5, 5.41) is 4.38. The van der Waals surface area contributed by atoms with Gasteiger partial charge in [-0.3, -0.25) is 0 Å². The Bertz CT molecular complexity index is 767. The van der Waals surface area contributed by atoms with Crippen molar-refractivity contribution in [3.8, 4) is 0 Å². The molecule has 1 aromatic rings. The van der Waals surface area contributed by atoms with Gasteiger partial charge in [-0.05, 0) is 19.1 Å². The number of urea groups is 1. The van der Waals surface area contributed by atoms with Gasteiger partial charge in [-0.2, -0.15) is 0 Å². The van der Waals surface area contributed by atoms with Crippen molar-refractivity contribution in [2.24, 2.45) is 0 Å². The van der Waals surface area contributed by atoms with Gasteiger partial charge in [0.2, 0.25) is 0 Å². The molecule has 0 unspecified atom stereocenters. The van der Waals surface area contributed by atoms with Gasteiger partial charge < -0.3 is 20.1 Å². The van der Waals surface area contributed by atoms with Crippen LogP contribution in [0.5, 0.6) is 0 Å². The van der Waals surface area contributed by atoms with Gasteiger partial charge in [0, 0.05) is 0 Å². The Kier molecular flexibility index (Phi) is 5.92. The molecule has 0 spiro atoms. The summed E-state index contributed by atoms with van der Waals surface area (Å²) in [6, 6.07) is 0.648. The highest BCUT2D eigenvalue weighted by Crippen LogP contribution is 2.21. The Labute approximate surface area is 145 Å². The van der Waals surface area contributed by atoms with E-state index >= 15 is 0 Å². The first-order valence-electron chi connectivity index (χ1n) is 7.09. The van der Waals surface area contributed by atoms with Crippen molar-refractivity contribution in [3.05, 3.63) is 45.6 Å². The van der Waals surface area contributed by atoms with Gasteiger partial charge >= 0.3 is 18.0 Å². The third-order valence-corrected chi connectivity index (χ3v) is 3.47. The second kappa shape index (κ2) is 7.93. The van der Waals surface area contributed by atoms with Crippen LogP contribution in [0.1, 0.15) is 17.3 Å². The molecule has 134 valence electrons. The van der Waals surface area contributed by atoms with E-state index in [4.69, 9.17) is 21.1 Å². The third-order valence-electron chi connectivity index (χ3n) is 3.15. The summed E-state index contributed by atoms with van der Waals surface area (Å²) in [5.74, 6) is -4.21. The van der Waals surface area contributed by atoms with Gasteiger partial charge in [0.05, 0.1) is 35.0 Å². The summed E-state index contributed by atoms with van der Waals surface area (Å²) in [6.45, 7) is 1.13. The molecule has 0 aliphatic carbocycles. The van der Waals surface area contributed by atoms with Crippen molar-refractivity contribution in [2.45, 2.75) is 6.92 Å². The van der Waals surface area contributed by atoms with E-state index in [1.165, 1.54) is 0 Å². The molecule has 0 bridgehead atoms.